The van der Waals surface area contributed by atoms with E-state index in [-0.39, 0.29) is 0 Å². The van der Waals surface area contributed by atoms with Crippen molar-refractivity contribution in [1.29, 1.82) is 0 Å². The average Bonchev–Trinajstić information content (AvgIpc) is 2.61. The summed E-state index contributed by atoms with van der Waals surface area (Å²) in [5, 5.41) is 10.4. The zero-order chi connectivity index (χ0) is 10.0. The van der Waals surface area contributed by atoms with E-state index in [0.29, 0.717) is 11.5 Å². The molecule has 0 bridgehead atoms. The van der Waals surface area contributed by atoms with Crippen molar-refractivity contribution in [2.24, 2.45) is 5.41 Å². The van der Waals surface area contributed by atoms with Gasteiger partial charge in [0.15, 0.2) is 0 Å². The molecule has 0 spiro atoms. The lowest BCUT2D eigenvalue weighted by Gasteiger charge is -2.34. The maximum atomic E-state index is 3.93. The summed E-state index contributed by atoms with van der Waals surface area (Å²) in [5.41, 5.74) is 0.548. The first-order valence-corrected chi connectivity index (χ1v) is 5.42. The van der Waals surface area contributed by atoms with E-state index in [1.807, 2.05) is 6.07 Å². The summed E-state index contributed by atoms with van der Waals surface area (Å²) in [6.07, 6.45) is 6.96. The largest absolute Gasteiger partial charge is 0.368 e. The van der Waals surface area contributed by atoms with Gasteiger partial charge in [-0.05, 0) is 37.2 Å². The van der Waals surface area contributed by atoms with Gasteiger partial charge in [-0.15, -0.1) is 0 Å². The minimum atomic E-state index is 0.548. The summed E-state index contributed by atoms with van der Waals surface area (Å²) in [6, 6.07) is 2.61. The van der Waals surface area contributed by atoms with E-state index in [1.54, 1.807) is 6.20 Å². The van der Waals surface area contributed by atoms with Gasteiger partial charge in [0, 0.05) is 6.04 Å². The van der Waals surface area contributed by atoms with Crippen molar-refractivity contribution in [2.75, 3.05) is 5.32 Å². The molecular weight excluding hydrogens is 174 g/mol. The lowest BCUT2D eigenvalue weighted by atomic mass is 9.75. The zero-order valence-electron chi connectivity index (χ0n) is 9.01. The first-order valence-electron chi connectivity index (χ1n) is 5.42. The molecule has 78 valence electrons. The number of rotatable bonds is 2. The third-order valence-corrected chi connectivity index (χ3v) is 3.20. The molecule has 1 aromatic heterocycles. The van der Waals surface area contributed by atoms with E-state index in [4.69, 9.17) is 0 Å². The van der Waals surface area contributed by atoms with Crippen molar-refractivity contribution in [3.05, 3.63) is 12.3 Å². The second-order valence-electron chi connectivity index (χ2n) is 5.05. The highest BCUT2D eigenvalue weighted by atomic mass is 15.2. The molecule has 1 aromatic rings. The minimum absolute atomic E-state index is 0.548. The molecule has 1 aliphatic carbocycles. The van der Waals surface area contributed by atoms with Crippen LogP contribution in [0.3, 0.4) is 0 Å². The highest BCUT2D eigenvalue weighted by molar-refractivity contribution is 5.33. The summed E-state index contributed by atoms with van der Waals surface area (Å²) < 4.78 is 0. The van der Waals surface area contributed by atoms with Gasteiger partial charge in [-0.2, -0.15) is 5.10 Å². The Bertz CT molecular complexity index is 267. The number of nitrogens with one attached hydrogen (secondary N) is 2. The molecule has 0 radical (unpaired) electrons. The van der Waals surface area contributed by atoms with Gasteiger partial charge in [0.1, 0.15) is 5.82 Å². The van der Waals surface area contributed by atoms with E-state index in [0.717, 1.165) is 5.82 Å². The molecule has 0 unspecified atom stereocenters. The molecule has 1 heterocycles. The minimum Gasteiger partial charge on any atom is -0.368 e. The maximum absolute atomic E-state index is 3.93. The fourth-order valence-electron chi connectivity index (χ4n) is 2.10. The van der Waals surface area contributed by atoms with Crippen LogP contribution in [0.5, 0.6) is 0 Å². The van der Waals surface area contributed by atoms with Crippen LogP contribution < -0.4 is 5.32 Å². The van der Waals surface area contributed by atoms with Crippen LogP contribution in [-0.4, -0.2) is 16.2 Å². The van der Waals surface area contributed by atoms with Crippen LogP contribution in [0.25, 0.3) is 0 Å². The number of hydrogen-bond acceptors (Lipinski definition) is 2. The maximum Gasteiger partial charge on any atom is 0.121 e. The molecule has 3 nitrogen and oxygen atoms in total. The molecule has 14 heavy (non-hydrogen) atoms. The lowest BCUT2D eigenvalue weighted by Crippen LogP contribution is -2.29. The highest BCUT2D eigenvalue weighted by Crippen LogP contribution is 2.35. The Morgan fingerprint density at radius 2 is 2.14 bits per heavy atom. The number of hydrogen-bond donors (Lipinski definition) is 2. The second kappa shape index (κ2) is 3.64. The van der Waals surface area contributed by atoms with Crippen LogP contribution in [0.15, 0.2) is 12.3 Å². The average molecular weight is 193 g/mol. The Kier molecular flexibility index (Phi) is 2.48. The van der Waals surface area contributed by atoms with Gasteiger partial charge in [0.2, 0.25) is 0 Å². The van der Waals surface area contributed by atoms with Gasteiger partial charge < -0.3 is 5.32 Å². The molecule has 0 amide bonds. The van der Waals surface area contributed by atoms with Crippen LogP contribution >= 0.6 is 0 Å². The highest BCUT2D eigenvalue weighted by Gasteiger charge is 2.26. The van der Waals surface area contributed by atoms with E-state index < -0.39 is 0 Å². The number of anilines is 1. The Morgan fingerprint density at radius 3 is 2.71 bits per heavy atom. The molecule has 0 atom stereocenters. The van der Waals surface area contributed by atoms with Gasteiger partial charge in [-0.1, -0.05) is 13.8 Å². The molecule has 1 saturated carbocycles. The van der Waals surface area contributed by atoms with Crippen LogP contribution in [0, 0.1) is 5.41 Å². The van der Waals surface area contributed by atoms with Crippen molar-refractivity contribution in [2.45, 2.75) is 45.6 Å². The number of aromatic amines is 1. The third-order valence-electron chi connectivity index (χ3n) is 3.20. The van der Waals surface area contributed by atoms with E-state index in [9.17, 15) is 0 Å². The van der Waals surface area contributed by atoms with Crippen molar-refractivity contribution in [3.8, 4) is 0 Å². The molecule has 0 aromatic carbocycles. The van der Waals surface area contributed by atoms with Crippen molar-refractivity contribution < 1.29 is 0 Å². The molecule has 3 heteroatoms. The lowest BCUT2D eigenvalue weighted by molar-refractivity contribution is 0.232. The summed E-state index contributed by atoms with van der Waals surface area (Å²) in [6.45, 7) is 4.72. The predicted octanol–water partition coefficient (Wildman–Crippen LogP) is 2.79. The fourth-order valence-corrected chi connectivity index (χ4v) is 2.10. The van der Waals surface area contributed by atoms with Gasteiger partial charge in [-0.25, -0.2) is 0 Å². The van der Waals surface area contributed by atoms with E-state index in [1.165, 1.54) is 25.7 Å². The number of nitrogens with zero attached hydrogens (tertiary/aromatic N) is 1. The molecule has 0 saturated heterocycles. The van der Waals surface area contributed by atoms with Gasteiger partial charge in [0.05, 0.1) is 6.20 Å². The Hall–Kier alpha value is -0.990. The normalized spacial score (nSPS) is 22.1. The van der Waals surface area contributed by atoms with Crippen molar-refractivity contribution in [3.63, 3.8) is 0 Å². The Labute approximate surface area is 85.3 Å². The molecule has 2 rings (SSSR count). The predicted molar refractivity (Wildman–Crippen MR) is 58.2 cm³/mol. The first-order chi connectivity index (χ1) is 6.66. The molecular formula is C11H19N3. The third kappa shape index (κ3) is 2.28. The van der Waals surface area contributed by atoms with Crippen molar-refractivity contribution in [1.82, 2.24) is 10.2 Å². The molecule has 1 fully saturated rings. The first kappa shape index (κ1) is 9.56. The molecule has 0 aliphatic heterocycles. The van der Waals surface area contributed by atoms with Crippen molar-refractivity contribution >= 4 is 5.82 Å². The zero-order valence-corrected chi connectivity index (χ0v) is 9.01. The number of aromatic nitrogens is 2. The van der Waals surface area contributed by atoms with Crippen LogP contribution in [-0.2, 0) is 0 Å². The number of H-pyrrole nitrogens is 1. The molecule has 1 aliphatic rings. The van der Waals surface area contributed by atoms with E-state index in [2.05, 4.69) is 29.4 Å². The quantitative estimate of drug-likeness (QED) is 0.758. The standard InChI is InChI=1S/C11H19N3/c1-11(2)6-3-9(4-7-11)13-10-5-8-12-14-10/h5,8-9H,3-4,6-7H2,1-2H3,(H2,12,13,14). The smallest absolute Gasteiger partial charge is 0.121 e. The topological polar surface area (TPSA) is 40.7 Å². The summed E-state index contributed by atoms with van der Waals surface area (Å²) in [4.78, 5) is 0. The Morgan fingerprint density at radius 1 is 1.43 bits per heavy atom. The van der Waals surface area contributed by atoms with Gasteiger partial charge >= 0.3 is 0 Å². The second-order valence-corrected chi connectivity index (χ2v) is 5.05. The summed E-state index contributed by atoms with van der Waals surface area (Å²) >= 11 is 0. The summed E-state index contributed by atoms with van der Waals surface area (Å²) in [5.74, 6) is 1.05. The Balaban J connectivity index is 1.85. The van der Waals surface area contributed by atoms with Crippen LogP contribution in [0.2, 0.25) is 0 Å². The fraction of sp³-hybridized carbons (Fsp3) is 0.727. The van der Waals surface area contributed by atoms with Gasteiger partial charge in [0.25, 0.3) is 0 Å². The SMILES string of the molecule is CC1(C)CCC(Nc2ccn[nH]2)CC1. The summed E-state index contributed by atoms with van der Waals surface area (Å²) in [7, 11) is 0. The molecule has 2 N–H and O–H groups in total. The van der Waals surface area contributed by atoms with E-state index >= 15 is 0 Å². The van der Waals surface area contributed by atoms with Gasteiger partial charge in [-0.3, -0.25) is 5.10 Å². The monoisotopic (exact) mass is 193 g/mol. The van der Waals surface area contributed by atoms with Crippen LogP contribution in [0.4, 0.5) is 5.82 Å². The van der Waals surface area contributed by atoms with Crippen LogP contribution in [0.1, 0.15) is 39.5 Å².